The highest BCUT2D eigenvalue weighted by molar-refractivity contribution is 5.94. The van der Waals surface area contributed by atoms with Crippen molar-refractivity contribution in [1.82, 2.24) is 14.8 Å². The van der Waals surface area contributed by atoms with E-state index in [4.69, 9.17) is 9.47 Å². The fraction of sp³-hybridized carbons (Fsp3) is 0.429. The van der Waals surface area contributed by atoms with Gasteiger partial charge in [-0.25, -0.2) is 8.78 Å². The predicted molar refractivity (Wildman–Crippen MR) is 101 cm³/mol. The van der Waals surface area contributed by atoms with Gasteiger partial charge >= 0.3 is 0 Å². The number of hydrogen-bond donors (Lipinski definition) is 0. The van der Waals surface area contributed by atoms with Crippen molar-refractivity contribution in [3.63, 3.8) is 0 Å². The highest BCUT2D eigenvalue weighted by atomic mass is 19.2. The van der Waals surface area contributed by atoms with Crippen LogP contribution in [0.3, 0.4) is 0 Å². The normalized spacial score (nSPS) is 23.2. The van der Waals surface area contributed by atoms with Gasteiger partial charge in [-0.05, 0) is 36.2 Å². The minimum Gasteiger partial charge on any atom is -0.347 e. The molecule has 1 amide bonds. The first-order chi connectivity index (χ1) is 14.0. The number of aromatic nitrogens is 1. The van der Waals surface area contributed by atoms with E-state index in [9.17, 15) is 13.6 Å². The van der Waals surface area contributed by atoms with E-state index < -0.39 is 17.4 Å². The van der Waals surface area contributed by atoms with Crippen LogP contribution < -0.4 is 0 Å². The van der Waals surface area contributed by atoms with Crippen molar-refractivity contribution in [3.8, 4) is 0 Å². The highest BCUT2D eigenvalue weighted by Gasteiger charge is 2.42. The van der Waals surface area contributed by atoms with Gasteiger partial charge in [0.15, 0.2) is 17.4 Å². The average molecular weight is 403 g/mol. The number of amides is 1. The molecule has 0 radical (unpaired) electrons. The standard InChI is InChI=1S/C21H23F2N3O3/c22-18-5-4-17(11-19(18)23)20(27)26-8-10-29-21(15-26)14-25(7-2-9-28-21)13-16-3-1-6-24-12-16/h1,3-6,11-12H,2,7-10,13-15H2. The first kappa shape index (κ1) is 19.9. The van der Waals surface area contributed by atoms with E-state index in [2.05, 4.69) is 9.88 Å². The van der Waals surface area contributed by atoms with E-state index in [1.54, 1.807) is 11.1 Å². The van der Waals surface area contributed by atoms with Crippen LogP contribution in [0.15, 0.2) is 42.7 Å². The molecular weight excluding hydrogens is 380 g/mol. The van der Waals surface area contributed by atoms with E-state index >= 15 is 0 Å². The Hall–Kier alpha value is -2.42. The molecule has 2 aromatic rings. The Balaban J connectivity index is 1.48. The topological polar surface area (TPSA) is 54.9 Å². The quantitative estimate of drug-likeness (QED) is 0.788. The summed E-state index contributed by atoms with van der Waals surface area (Å²) in [5, 5.41) is 0. The van der Waals surface area contributed by atoms with Crippen molar-refractivity contribution >= 4 is 5.91 Å². The number of morpholine rings is 1. The lowest BCUT2D eigenvalue weighted by Gasteiger charge is -2.43. The van der Waals surface area contributed by atoms with Gasteiger partial charge in [0.2, 0.25) is 0 Å². The van der Waals surface area contributed by atoms with Crippen LogP contribution in [0.25, 0.3) is 0 Å². The van der Waals surface area contributed by atoms with Crippen LogP contribution in [-0.2, 0) is 16.0 Å². The summed E-state index contributed by atoms with van der Waals surface area (Å²) in [4.78, 5) is 20.8. The lowest BCUT2D eigenvalue weighted by molar-refractivity contribution is -0.261. The third-order valence-electron chi connectivity index (χ3n) is 5.19. The second kappa shape index (κ2) is 8.52. The zero-order chi connectivity index (χ0) is 20.3. The maximum atomic E-state index is 13.6. The second-order valence-electron chi connectivity index (χ2n) is 7.39. The number of halogens is 2. The van der Waals surface area contributed by atoms with Crippen LogP contribution in [0.4, 0.5) is 8.78 Å². The summed E-state index contributed by atoms with van der Waals surface area (Å²) in [6.45, 7) is 3.49. The molecule has 1 aromatic heterocycles. The fourth-order valence-corrected chi connectivity index (χ4v) is 3.82. The molecule has 2 saturated heterocycles. The molecule has 29 heavy (non-hydrogen) atoms. The average Bonchev–Trinajstić information content (AvgIpc) is 2.92. The van der Waals surface area contributed by atoms with E-state index in [-0.39, 0.29) is 18.0 Å². The van der Waals surface area contributed by atoms with Gasteiger partial charge in [-0.1, -0.05) is 6.07 Å². The Kier molecular flexibility index (Phi) is 5.84. The summed E-state index contributed by atoms with van der Waals surface area (Å²) >= 11 is 0. The SMILES string of the molecule is O=C(c1ccc(F)c(F)c1)N1CCOC2(CN(Cc3cccnc3)CCCO2)C1. The van der Waals surface area contributed by atoms with E-state index in [0.717, 1.165) is 30.7 Å². The van der Waals surface area contributed by atoms with Gasteiger partial charge in [-0.3, -0.25) is 14.7 Å². The molecule has 0 bridgehead atoms. The Labute approximate surface area is 168 Å². The molecule has 1 aromatic carbocycles. The number of rotatable bonds is 3. The third-order valence-corrected chi connectivity index (χ3v) is 5.19. The summed E-state index contributed by atoms with van der Waals surface area (Å²) in [7, 11) is 0. The van der Waals surface area contributed by atoms with Gasteiger partial charge in [0.05, 0.1) is 26.3 Å². The monoisotopic (exact) mass is 403 g/mol. The largest absolute Gasteiger partial charge is 0.347 e. The molecule has 0 aliphatic carbocycles. The number of ether oxygens (including phenoxy) is 2. The lowest BCUT2D eigenvalue weighted by Crippen LogP contribution is -2.59. The minimum absolute atomic E-state index is 0.113. The molecule has 4 rings (SSSR count). The molecular formula is C21H23F2N3O3. The summed E-state index contributed by atoms with van der Waals surface area (Å²) in [6.07, 6.45) is 4.42. The maximum Gasteiger partial charge on any atom is 0.254 e. The number of nitrogens with zero attached hydrogens (tertiary/aromatic N) is 3. The minimum atomic E-state index is -1.04. The van der Waals surface area contributed by atoms with Crippen molar-refractivity contribution in [2.24, 2.45) is 0 Å². The summed E-state index contributed by atoms with van der Waals surface area (Å²) in [5.74, 6) is -3.31. The molecule has 8 heteroatoms. The van der Waals surface area contributed by atoms with Crippen LogP contribution in [0.2, 0.25) is 0 Å². The predicted octanol–water partition coefficient (Wildman–Crippen LogP) is 2.45. The number of hydrogen-bond acceptors (Lipinski definition) is 5. The van der Waals surface area contributed by atoms with Gasteiger partial charge < -0.3 is 14.4 Å². The first-order valence-electron chi connectivity index (χ1n) is 9.68. The molecule has 0 saturated carbocycles. The zero-order valence-electron chi connectivity index (χ0n) is 16.0. The fourth-order valence-electron chi connectivity index (χ4n) is 3.82. The van der Waals surface area contributed by atoms with E-state index in [1.807, 2.05) is 18.3 Å². The van der Waals surface area contributed by atoms with Gasteiger partial charge in [0, 0.05) is 37.6 Å². The molecule has 6 nitrogen and oxygen atoms in total. The Morgan fingerprint density at radius 1 is 1.10 bits per heavy atom. The van der Waals surface area contributed by atoms with Crippen molar-refractivity contribution in [2.45, 2.75) is 18.8 Å². The summed E-state index contributed by atoms with van der Waals surface area (Å²) < 4.78 is 38.8. The van der Waals surface area contributed by atoms with Crippen LogP contribution in [0, 0.1) is 11.6 Å². The molecule has 1 spiro atoms. The maximum absolute atomic E-state index is 13.6. The van der Waals surface area contributed by atoms with Gasteiger partial charge in [0.25, 0.3) is 5.91 Å². The van der Waals surface area contributed by atoms with Crippen molar-refractivity contribution < 1.29 is 23.0 Å². The third kappa shape index (κ3) is 4.60. The number of benzene rings is 1. The van der Waals surface area contributed by atoms with Crippen LogP contribution in [0.5, 0.6) is 0 Å². The molecule has 2 aliphatic heterocycles. The molecule has 3 heterocycles. The first-order valence-corrected chi connectivity index (χ1v) is 9.68. The van der Waals surface area contributed by atoms with Crippen LogP contribution in [-0.4, -0.2) is 65.9 Å². The number of pyridine rings is 1. The molecule has 2 fully saturated rings. The Morgan fingerprint density at radius 3 is 2.76 bits per heavy atom. The Bertz CT molecular complexity index is 868. The van der Waals surface area contributed by atoms with Gasteiger partial charge in [-0.2, -0.15) is 0 Å². The second-order valence-corrected chi connectivity index (χ2v) is 7.39. The zero-order valence-corrected chi connectivity index (χ0v) is 16.0. The molecule has 1 atom stereocenters. The molecule has 0 N–H and O–H groups in total. The van der Waals surface area contributed by atoms with E-state index in [0.29, 0.717) is 32.8 Å². The van der Waals surface area contributed by atoms with Crippen molar-refractivity contribution in [1.29, 1.82) is 0 Å². The van der Waals surface area contributed by atoms with Gasteiger partial charge in [-0.15, -0.1) is 0 Å². The molecule has 154 valence electrons. The lowest BCUT2D eigenvalue weighted by atomic mass is 10.1. The smallest absolute Gasteiger partial charge is 0.254 e. The van der Waals surface area contributed by atoms with Crippen LogP contribution >= 0.6 is 0 Å². The number of carbonyl (C=O) groups excluding carboxylic acids is 1. The summed E-state index contributed by atoms with van der Waals surface area (Å²) in [5.41, 5.74) is 1.21. The highest BCUT2D eigenvalue weighted by Crippen LogP contribution is 2.26. The van der Waals surface area contributed by atoms with Crippen LogP contribution in [0.1, 0.15) is 22.3 Å². The summed E-state index contributed by atoms with van der Waals surface area (Å²) in [6, 6.07) is 7.12. The van der Waals surface area contributed by atoms with Crippen molar-refractivity contribution in [3.05, 3.63) is 65.5 Å². The molecule has 2 aliphatic rings. The molecule has 1 unspecified atom stereocenters. The van der Waals surface area contributed by atoms with Gasteiger partial charge in [0.1, 0.15) is 0 Å². The Morgan fingerprint density at radius 2 is 1.97 bits per heavy atom. The van der Waals surface area contributed by atoms with Crippen molar-refractivity contribution in [2.75, 3.05) is 39.4 Å². The van der Waals surface area contributed by atoms with E-state index in [1.165, 1.54) is 6.07 Å². The number of carbonyl (C=O) groups is 1.